The van der Waals surface area contributed by atoms with E-state index in [0.717, 1.165) is 25.6 Å². The summed E-state index contributed by atoms with van der Waals surface area (Å²) < 4.78 is 6.87. The van der Waals surface area contributed by atoms with Crippen LogP contribution in [0, 0.1) is 0 Å². The summed E-state index contributed by atoms with van der Waals surface area (Å²) >= 11 is 6.83. The molecule has 0 radical (unpaired) electrons. The van der Waals surface area contributed by atoms with Crippen LogP contribution >= 0.6 is 31.9 Å². The van der Waals surface area contributed by atoms with Crippen LogP contribution in [0.3, 0.4) is 0 Å². The molecule has 0 saturated heterocycles. The van der Waals surface area contributed by atoms with Gasteiger partial charge in [0.1, 0.15) is 5.75 Å². The van der Waals surface area contributed by atoms with Gasteiger partial charge in [-0.25, -0.2) is 0 Å². The minimum atomic E-state index is -0.0392. The van der Waals surface area contributed by atoms with Crippen molar-refractivity contribution in [2.24, 2.45) is 0 Å². The average Bonchev–Trinajstić information content (AvgIpc) is 2.91. The third-order valence-corrected chi connectivity index (χ3v) is 4.49. The Balaban J connectivity index is 2.15. The molecule has 0 aliphatic heterocycles. The number of halogens is 2. The van der Waals surface area contributed by atoms with Crippen molar-refractivity contribution in [3.05, 3.63) is 62.7 Å². The molecule has 0 unspecified atom stereocenters. The molecule has 5 heteroatoms. The quantitative estimate of drug-likeness (QED) is 0.624. The second-order valence-corrected chi connectivity index (χ2v) is 6.34. The molecular weight excluding hydrogens is 398 g/mol. The normalized spacial score (nSPS) is 10.8. The van der Waals surface area contributed by atoms with Crippen LogP contribution in [0.15, 0.2) is 51.5 Å². The summed E-state index contributed by atoms with van der Waals surface area (Å²) in [6.45, 7) is 0. The van der Waals surface area contributed by atoms with E-state index in [4.69, 9.17) is 4.74 Å². The number of fused-ring (bicyclic) bond motifs is 1. The van der Waals surface area contributed by atoms with E-state index in [1.165, 1.54) is 0 Å². The highest BCUT2D eigenvalue weighted by Gasteiger charge is 2.17. The molecule has 1 heterocycles. The Bertz CT molecular complexity index is 839. The molecule has 106 valence electrons. The number of ether oxygens (including phenoxy) is 1. The van der Waals surface area contributed by atoms with Crippen LogP contribution in [0.1, 0.15) is 15.9 Å². The van der Waals surface area contributed by atoms with E-state index in [0.29, 0.717) is 11.1 Å². The lowest BCUT2D eigenvalue weighted by atomic mass is 10.0. The lowest BCUT2D eigenvalue weighted by molar-refractivity contribution is 0.103. The summed E-state index contributed by atoms with van der Waals surface area (Å²) in [7, 11) is 1.61. The van der Waals surface area contributed by atoms with E-state index >= 15 is 0 Å². The second kappa shape index (κ2) is 5.66. The van der Waals surface area contributed by atoms with Crippen LogP contribution < -0.4 is 4.74 Å². The smallest absolute Gasteiger partial charge is 0.196 e. The van der Waals surface area contributed by atoms with Gasteiger partial charge in [-0.2, -0.15) is 0 Å². The Hall–Kier alpha value is -1.59. The third-order valence-electron chi connectivity index (χ3n) is 3.31. The number of benzene rings is 2. The molecule has 3 rings (SSSR count). The first kappa shape index (κ1) is 14.4. The number of nitrogens with one attached hydrogen (secondary N) is 1. The van der Waals surface area contributed by atoms with Gasteiger partial charge < -0.3 is 9.72 Å². The highest BCUT2D eigenvalue weighted by atomic mass is 79.9. The topological polar surface area (TPSA) is 42.1 Å². The number of hydrogen-bond donors (Lipinski definition) is 1. The number of carbonyl (C=O) groups excluding carboxylic acids is 1. The van der Waals surface area contributed by atoms with Crippen molar-refractivity contribution in [2.75, 3.05) is 7.11 Å². The predicted octanol–water partition coefficient (Wildman–Crippen LogP) is 4.93. The van der Waals surface area contributed by atoms with Gasteiger partial charge in [0.2, 0.25) is 0 Å². The van der Waals surface area contributed by atoms with Crippen LogP contribution in [-0.2, 0) is 0 Å². The molecule has 0 amide bonds. The molecule has 0 saturated carbocycles. The number of methoxy groups -OCH3 is 1. The number of rotatable bonds is 3. The van der Waals surface area contributed by atoms with Gasteiger partial charge in [0.25, 0.3) is 0 Å². The molecular formula is C16H11Br2NO2. The molecule has 0 spiro atoms. The fourth-order valence-corrected chi connectivity index (χ4v) is 3.02. The molecule has 0 fully saturated rings. The number of carbonyl (C=O) groups is 1. The number of ketones is 1. The van der Waals surface area contributed by atoms with Gasteiger partial charge in [-0.1, -0.05) is 31.9 Å². The maximum absolute atomic E-state index is 12.8. The zero-order valence-corrected chi connectivity index (χ0v) is 14.3. The van der Waals surface area contributed by atoms with Crippen molar-refractivity contribution in [2.45, 2.75) is 0 Å². The summed E-state index contributed by atoms with van der Waals surface area (Å²) in [4.78, 5) is 15.9. The molecule has 21 heavy (non-hydrogen) atoms. The first-order valence-corrected chi connectivity index (χ1v) is 7.83. The minimum Gasteiger partial charge on any atom is -0.497 e. The maximum Gasteiger partial charge on any atom is 0.196 e. The Morgan fingerprint density at radius 2 is 1.90 bits per heavy atom. The van der Waals surface area contributed by atoms with Crippen LogP contribution in [0.2, 0.25) is 0 Å². The van der Waals surface area contributed by atoms with Gasteiger partial charge in [0.15, 0.2) is 5.78 Å². The van der Waals surface area contributed by atoms with Gasteiger partial charge in [-0.15, -0.1) is 0 Å². The van der Waals surface area contributed by atoms with Gasteiger partial charge in [-0.3, -0.25) is 4.79 Å². The summed E-state index contributed by atoms with van der Waals surface area (Å²) in [6, 6.07) is 11.2. The van der Waals surface area contributed by atoms with Crippen molar-refractivity contribution in [1.29, 1.82) is 0 Å². The van der Waals surface area contributed by atoms with Crippen molar-refractivity contribution in [3.63, 3.8) is 0 Å². The molecule has 3 nitrogen and oxygen atoms in total. The highest BCUT2D eigenvalue weighted by Crippen LogP contribution is 2.29. The van der Waals surface area contributed by atoms with Crippen LogP contribution in [0.5, 0.6) is 5.75 Å². The molecule has 0 aliphatic carbocycles. The average molecular weight is 409 g/mol. The Labute approximate surface area is 138 Å². The summed E-state index contributed by atoms with van der Waals surface area (Å²) in [5.74, 6) is 0.687. The summed E-state index contributed by atoms with van der Waals surface area (Å²) in [6.07, 6.45) is 1.74. The maximum atomic E-state index is 12.8. The monoisotopic (exact) mass is 407 g/mol. The third kappa shape index (κ3) is 2.63. The largest absolute Gasteiger partial charge is 0.497 e. The first-order valence-electron chi connectivity index (χ1n) is 6.25. The van der Waals surface area contributed by atoms with E-state index in [2.05, 4.69) is 36.8 Å². The van der Waals surface area contributed by atoms with Crippen LogP contribution in [0.25, 0.3) is 10.9 Å². The fraction of sp³-hybridized carbons (Fsp3) is 0.0625. The second-order valence-electron chi connectivity index (χ2n) is 4.57. The number of aromatic nitrogens is 1. The van der Waals surface area contributed by atoms with E-state index < -0.39 is 0 Å². The Morgan fingerprint density at radius 1 is 1.10 bits per heavy atom. The Morgan fingerprint density at radius 3 is 2.67 bits per heavy atom. The lowest BCUT2D eigenvalue weighted by Crippen LogP contribution is -2.01. The van der Waals surface area contributed by atoms with E-state index in [1.807, 2.05) is 36.4 Å². The van der Waals surface area contributed by atoms with Crippen molar-refractivity contribution < 1.29 is 9.53 Å². The number of aromatic amines is 1. The molecule has 2 aromatic carbocycles. The molecule has 0 atom stereocenters. The van der Waals surface area contributed by atoms with Crippen LogP contribution in [-0.4, -0.2) is 17.9 Å². The first-order chi connectivity index (χ1) is 10.1. The van der Waals surface area contributed by atoms with Gasteiger partial charge >= 0.3 is 0 Å². The number of hydrogen-bond acceptors (Lipinski definition) is 2. The lowest BCUT2D eigenvalue weighted by Gasteiger charge is -2.05. The zero-order valence-electron chi connectivity index (χ0n) is 11.1. The fourth-order valence-electron chi connectivity index (χ4n) is 2.23. The van der Waals surface area contributed by atoms with Crippen LogP contribution in [0.4, 0.5) is 0 Å². The van der Waals surface area contributed by atoms with Crippen molar-refractivity contribution in [3.8, 4) is 5.75 Å². The van der Waals surface area contributed by atoms with Gasteiger partial charge in [0, 0.05) is 37.2 Å². The van der Waals surface area contributed by atoms with Crippen molar-refractivity contribution in [1.82, 2.24) is 4.98 Å². The Kier molecular flexibility index (Phi) is 3.87. The molecule has 0 aliphatic rings. The summed E-state index contributed by atoms with van der Waals surface area (Å²) in [5.41, 5.74) is 2.15. The van der Waals surface area contributed by atoms with E-state index in [-0.39, 0.29) is 5.78 Å². The van der Waals surface area contributed by atoms with Crippen molar-refractivity contribution >= 4 is 48.5 Å². The van der Waals surface area contributed by atoms with Gasteiger partial charge in [0.05, 0.1) is 7.11 Å². The minimum absolute atomic E-state index is 0.0392. The van der Waals surface area contributed by atoms with E-state index in [9.17, 15) is 4.79 Å². The van der Waals surface area contributed by atoms with Gasteiger partial charge in [-0.05, 0) is 36.4 Å². The predicted molar refractivity (Wildman–Crippen MR) is 90.1 cm³/mol. The molecule has 0 bridgehead atoms. The SMILES string of the molecule is COc1ccc2[nH]cc(C(=O)c3cc(Br)ccc3Br)c2c1. The number of H-pyrrole nitrogens is 1. The van der Waals surface area contributed by atoms with E-state index in [1.54, 1.807) is 13.3 Å². The molecule has 1 aromatic heterocycles. The summed E-state index contributed by atoms with van der Waals surface area (Å²) in [5, 5.41) is 0.853. The standard InChI is InChI=1S/C16H11Br2NO2/c1-21-10-3-5-15-11(7-10)13(8-19-15)16(20)12-6-9(17)2-4-14(12)18/h2-8,19H,1H3. The molecule has 3 aromatic rings. The highest BCUT2D eigenvalue weighted by molar-refractivity contribution is 9.11. The zero-order chi connectivity index (χ0) is 15.0. The molecule has 1 N–H and O–H groups in total.